The number of amides is 2. The molecular formula is C10H18N2O5S. The zero-order valence-electron chi connectivity index (χ0n) is 10.2. The highest BCUT2D eigenvalue weighted by Gasteiger charge is 2.25. The molecule has 1 aliphatic rings. The lowest BCUT2D eigenvalue weighted by molar-refractivity contribution is -0.139. The summed E-state index contributed by atoms with van der Waals surface area (Å²) >= 11 is 0. The molecule has 1 rings (SSSR count). The normalized spacial score (nSPS) is 20.9. The smallest absolute Gasteiger partial charge is 0.326 e. The molecule has 0 radical (unpaired) electrons. The minimum Gasteiger partial charge on any atom is -0.480 e. The molecule has 0 bridgehead atoms. The van der Waals surface area contributed by atoms with Crippen molar-refractivity contribution < 1.29 is 23.1 Å². The third-order valence-electron chi connectivity index (χ3n) is 2.90. The summed E-state index contributed by atoms with van der Waals surface area (Å²) in [6.07, 6.45) is 1.04. The van der Waals surface area contributed by atoms with Crippen LogP contribution in [0.25, 0.3) is 0 Å². The molecule has 0 saturated carbocycles. The Bertz CT molecular complexity index is 406. The zero-order valence-corrected chi connectivity index (χ0v) is 11.0. The molecule has 7 nitrogen and oxygen atoms in total. The van der Waals surface area contributed by atoms with Gasteiger partial charge >= 0.3 is 12.0 Å². The molecule has 1 atom stereocenters. The summed E-state index contributed by atoms with van der Waals surface area (Å²) < 4.78 is 22.4. The lowest BCUT2D eigenvalue weighted by atomic mass is 10.1. The number of carbonyl (C=O) groups is 2. The zero-order chi connectivity index (χ0) is 13.8. The lowest BCUT2D eigenvalue weighted by Gasteiger charge is -2.24. The number of carboxylic acid groups (broad SMARTS) is 1. The number of hydrogen-bond acceptors (Lipinski definition) is 4. The number of nitrogens with one attached hydrogen (secondary N) is 2. The molecule has 1 aliphatic heterocycles. The van der Waals surface area contributed by atoms with Crippen molar-refractivity contribution in [2.45, 2.75) is 38.3 Å². The van der Waals surface area contributed by atoms with Gasteiger partial charge < -0.3 is 15.7 Å². The molecule has 1 heterocycles. The largest absolute Gasteiger partial charge is 0.480 e. The molecular weight excluding hydrogens is 260 g/mol. The van der Waals surface area contributed by atoms with Crippen LogP contribution in [0, 0.1) is 0 Å². The van der Waals surface area contributed by atoms with E-state index in [1.807, 2.05) is 0 Å². The van der Waals surface area contributed by atoms with Crippen LogP contribution in [0.4, 0.5) is 4.79 Å². The molecule has 1 fully saturated rings. The fourth-order valence-electron chi connectivity index (χ4n) is 1.76. The maximum atomic E-state index is 11.5. The topological polar surface area (TPSA) is 113 Å². The van der Waals surface area contributed by atoms with Gasteiger partial charge in [0.25, 0.3) is 0 Å². The first-order valence-electron chi connectivity index (χ1n) is 5.84. The average molecular weight is 278 g/mol. The van der Waals surface area contributed by atoms with E-state index >= 15 is 0 Å². The first kappa shape index (κ1) is 14.7. The maximum absolute atomic E-state index is 11.5. The van der Waals surface area contributed by atoms with E-state index in [4.69, 9.17) is 5.11 Å². The molecule has 104 valence electrons. The van der Waals surface area contributed by atoms with Gasteiger partial charge in [-0.15, -0.1) is 0 Å². The molecule has 0 aliphatic carbocycles. The monoisotopic (exact) mass is 278 g/mol. The van der Waals surface area contributed by atoms with Crippen LogP contribution in [0.15, 0.2) is 0 Å². The number of hydrogen-bond donors (Lipinski definition) is 3. The summed E-state index contributed by atoms with van der Waals surface area (Å²) in [5.74, 6) is -0.957. The highest BCUT2D eigenvalue weighted by atomic mass is 32.2. The van der Waals surface area contributed by atoms with Crippen molar-refractivity contribution in [1.29, 1.82) is 0 Å². The van der Waals surface area contributed by atoms with Crippen molar-refractivity contribution in [1.82, 2.24) is 10.6 Å². The van der Waals surface area contributed by atoms with Gasteiger partial charge in [-0.3, -0.25) is 0 Å². The van der Waals surface area contributed by atoms with E-state index in [0.29, 0.717) is 19.3 Å². The van der Waals surface area contributed by atoms with E-state index < -0.39 is 27.9 Å². The summed E-state index contributed by atoms with van der Waals surface area (Å²) in [4.78, 5) is 22.2. The molecule has 0 aromatic carbocycles. The highest BCUT2D eigenvalue weighted by molar-refractivity contribution is 7.91. The molecule has 18 heavy (non-hydrogen) atoms. The molecule has 3 N–H and O–H groups in total. The van der Waals surface area contributed by atoms with Crippen LogP contribution >= 0.6 is 0 Å². The Morgan fingerprint density at radius 1 is 1.33 bits per heavy atom. The van der Waals surface area contributed by atoms with Crippen LogP contribution in [0.2, 0.25) is 0 Å². The Hall–Kier alpha value is -1.31. The lowest BCUT2D eigenvalue weighted by Crippen LogP contribution is -2.50. The van der Waals surface area contributed by atoms with E-state index in [2.05, 4.69) is 10.6 Å². The first-order valence-corrected chi connectivity index (χ1v) is 7.66. The van der Waals surface area contributed by atoms with Crippen LogP contribution in [0.3, 0.4) is 0 Å². The van der Waals surface area contributed by atoms with Gasteiger partial charge in [-0.2, -0.15) is 0 Å². The van der Waals surface area contributed by atoms with Gasteiger partial charge in [0.15, 0.2) is 0 Å². The molecule has 8 heteroatoms. The van der Waals surface area contributed by atoms with Crippen LogP contribution in [0.1, 0.15) is 26.2 Å². The molecule has 2 amide bonds. The third-order valence-corrected chi connectivity index (χ3v) is 4.62. The van der Waals surface area contributed by atoms with Gasteiger partial charge in [0.1, 0.15) is 15.9 Å². The number of rotatable bonds is 4. The Morgan fingerprint density at radius 2 is 1.89 bits per heavy atom. The standard InChI is InChI=1S/C10H18N2O5S/c1-2-8(9(13)14)12-10(15)11-7-3-5-18(16,17)6-4-7/h7-8H,2-6H2,1H3,(H,13,14)(H2,11,12,15)/t8-/m1/s1. The molecule has 0 aromatic heterocycles. The molecule has 1 saturated heterocycles. The Morgan fingerprint density at radius 3 is 2.33 bits per heavy atom. The highest BCUT2D eigenvalue weighted by Crippen LogP contribution is 2.11. The molecule has 0 spiro atoms. The quantitative estimate of drug-likeness (QED) is 0.655. The van der Waals surface area contributed by atoms with Crippen molar-refractivity contribution in [2.75, 3.05) is 11.5 Å². The number of sulfone groups is 1. The van der Waals surface area contributed by atoms with Gasteiger partial charge in [-0.25, -0.2) is 18.0 Å². The Labute approximate surface area is 106 Å². The SMILES string of the molecule is CC[C@@H](NC(=O)NC1CCS(=O)(=O)CC1)C(=O)O. The summed E-state index contributed by atoms with van der Waals surface area (Å²) in [5.41, 5.74) is 0. The van der Waals surface area contributed by atoms with Gasteiger partial charge in [0.05, 0.1) is 11.5 Å². The van der Waals surface area contributed by atoms with Crippen molar-refractivity contribution in [3.05, 3.63) is 0 Å². The van der Waals surface area contributed by atoms with Crippen molar-refractivity contribution in [3.8, 4) is 0 Å². The number of aliphatic carboxylic acids is 1. The first-order chi connectivity index (χ1) is 8.34. The fraction of sp³-hybridized carbons (Fsp3) is 0.800. The summed E-state index contributed by atoms with van der Waals surface area (Å²) in [5, 5.41) is 13.7. The van der Waals surface area contributed by atoms with Gasteiger partial charge in [-0.1, -0.05) is 6.92 Å². The fourth-order valence-corrected chi connectivity index (χ4v) is 3.25. The molecule has 0 aromatic rings. The van der Waals surface area contributed by atoms with E-state index in [1.54, 1.807) is 6.92 Å². The average Bonchev–Trinajstić information content (AvgIpc) is 2.28. The number of urea groups is 1. The minimum absolute atomic E-state index is 0.0636. The van der Waals surface area contributed by atoms with Crippen LogP contribution in [0.5, 0.6) is 0 Å². The van der Waals surface area contributed by atoms with Crippen LogP contribution in [-0.2, 0) is 14.6 Å². The second-order valence-electron chi connectivity index (χ2n) is 4.34. The summed E-state index contributed by atoms with van der Waals surface area (Å²) in [6, 6.07) is -1.69. The van der Waals surface area contributed by atoms with E-state index in [9.17, 15) is 18.0 Å². The molecule has 0 unspecified atom stereocenters. The van der Waals surface area contributed by atoms with Crippen molar-refractivity contribution >= 4 is 21.8 Å². The van der Waals surface area contributed by atoms with E-state index in [0.717, 1.165) is 0 Å². The van der Waals surface area contributed by atoms with Gasteiger partial charge in [-0.05, 0) is 19.3 Å². The predicted molar refractivity (Wildman–Crippen MR) is 65.1 cm³/mol. The van der Waals surface area contributed by atoms with E-state index in [-0.39, 0.29) is 17.5 Å². The van der Waals surface area contributed by atoms with E-state index in [1.165, 1.54) is 0 Å². The predicted octanol–water partition coefficient (Wildman–Crippen LogP) is -0.274. The summed E-state index contributed by atoms with van der Waals surface area (Å²) in [7, 11) is -2.96. The Balaban J connectivity index is 2.39. The maximum Gasteiger partial charge on any atom is 0.326 e. The Kier molecular flexibility index (Phi) is 4.94. The van der Waals surface area contributed by atoms with Crippen LogP contribution < -0.4 is 10.6 Å². The third kappa shape index (κ3) is 4.52. The second-order valence-corrected chi connectivity index (χ2v) is 6.65. The number of carbonyl (C=O) groups excluding carboxylic acids is 1. The summed E-state index contributed by atoms with van der Waals surface area (Å²) in [6.45, 7) is 1.66. The van der Waals surface area contributed by atoms with Gasteiger partial charge in [0, 0.05) is 6.04 Å². The second kappa shape index (κ2) is 6.03. The minimum atomic E-state index is -2.96. The number of carboxylic acids is 1. The van der Waals surface area contributed by atoms with Gasteiger partial charge in [0.2, 0.25) is 0 Å². The van der Waals surface area contributed by atoms with Crippen molar-refractivity contribution in [2.24, 2.45) is 0 Å². The van der Waals surface area contributed by atoms with Crippen LogP contribution in [-0.4, -0.2) is 49.1 Å². The van der Waals surface area contributed by atoms with Crippen molar-refractivity contribution in [3.63, 3.8) is 0 Å².